The lowest BCUT2D eigenvalue weighted by molar-refractivity contribution is 0.00580. The second-order valence-electron chi connectivity index (χ2n) is 21.6. The summed E-state index contributed by atoms with van der Waals surface area (Å²) in [6.45, 7) is 18.8. The third kappa shape index (κ3) is 11.1. The molecule has 6 heterocycles. The van der Waals surface area contributed by atoms with Crippen molar-refractivity contribution < 1.29 is 19.1 Å². The predicted molar refractivity (Wildman–Crippen MR) is 308 cm³/mol. The molecule has 400 valence electrons. The van der Waals surface area contributed by atoms with Gasteiger partial charge in [0.2, 0.25) is 0 Å². The van der Waals surface area contributed by atoms with Crippen LogP contribution >= 0.6 is 0 Å². The summed E-state index contributed by atoms with van der Waals surface area (Å²) in [5.41, 5.74) is 21.6. The Morgan fingerprint density at radius 3 is 1.29 bits per heavy atom. The molecule has 10 aromatic rings. The van der Waals surface area contributed by atoms with Crippen LogP contribution in [0.4, 0.5) is 23.0 Å². The highest BCUT2D eigenvalue weighted by Crippen LogP contribution is 2.32. The number of hydrogen-bond donors (Lipinski definition) is 4. The van der Waals surface area contributed by atoms with Crippen LogP contribution in [0.15, 0.2) is 131 Å². The van der Waals surface area contributed by atoms with Crippen molar-refractivity contribution in [1.82, 2.24) is 38.3 Å². The Labute approximate surface area is 450 Å². The molecule has 0 aliphatic heterocycles. The van der Waals surface area contributed by atoms with E-state index in [1.807, 2.05) is 156 Å². The molecule has 0 bridgehead atoms. The smallest absolute Gasteiger partial charge is 0.340 e. The lowest BCUT2D eigenvalue weighted by Gasteiger charge is -2.23. The number of esters is 2. The number of carbonyl (C=O) groups is 2. The quantitative estimate of drug-likeness (QED) is 0.0934. The molecule has 18 heteroatoms. The number of benzene rings is 4. The minimum atomic E-state index is -0.618. The number of carbonyl (C=O) groups excluding carboxylic acids is 2. The summed E-state index contributed by atoms with van der Waals surface area (Å²) < 4.78 is 17.8. The molecule has 0 fully saturated rings. The number of pyridine rings is 2. The number of anilines is 4. The predicted octanol–water partition coefficient (Wildman–Crippen LogP) is 10.5. The highest BCUT2D eigenvalue weighted by Gasteiger charge is 2.25. The monoisotopic (exact) mass is 1050 g/mol. The number of para-hydroxylation sites is 2. The number of nitrogens with one attached hydrogen (secondary N) is 2. The molecule has 78 heavy (non-hydrogen) atoms. The van der Waals surface area contributed by atoms with Crippen molar-refractivity contribution in [2.75, 3.05) is 22.1 Å². The first-order valence-corrected chi connectivity index (χ1v) is 25.5. The molecular formula is C60H64N12O6. The number of nitrogens with zero attached hydrogens (tertiary/aromatic N) is 8. The molecule has 4 aromatic carbocycles. The number of nitrogen functional groups attached to an aromatic ring is 2. The van der Waals surface area contributed by atoms with Crippen molar-refractivity contribution in [3.8, 4) is 22.5 Å². The maximum Gasteiger partial charge on any atom is 0.340 e. The number of ether oxygens (including phenoxy) is 2. The molecule has 10 rings (SSSR count). The topological polar surface area (TPSA) is 233 Å². The third-order valence-corrected chi connectivity index (χ3v) is 13.0. The van der Waals surface area contributed by atoms with Gasteiger partial charge in [-0.25, -0.2) is 19.6 Å². The van der Waals surface area contributed by atoms with Crippen molar-refractivity contribution in [2.24, 2.45) is 14.1 Å². The van der Waals surface area contributed by atoms with Crippen LogP contribution in [0, 0.1) is 13.8 Å². The van der Waals surface area contributed by atoms with Gasteiger partial charge in [-0.15, -0.1) is 0 Å². The second-order valence-corrected chi connectivity index (χ2v) is 21.6. The number of aryl methyl sites for hydroxylation is 4. The first-order chi connectivity index (χ1) is 36.8. The van der Waals surface area contributed by atoms with Gasteiger partial charge in [0.25, 0.3) is 11.1 Å². The molecule has 0 aliphatic rings. The second kappa shape index (κ2) is 20.7. The van der Waals surface area contributed by atoms with E-state index in [0.717, 1.165) is 55.2 Å². The number of fused-ring (bicyclic) bond motifs is 4. The summed E-state index contributed by atoms with van der Waals surface area (Å²) in [5.74, 6) is 0.0245. The van der Waals surface area contributed by atoms with Crippen LogP contribution in [0.2, 0.25) is 0 Å². The first kappa shape index (κ1) is 53.5. The molecule has 0 amide bonds. The Morgan fingerprint density at radius 2 is 0.923 bits per heavy atom. The summed E-state index contributed by atoms with van der Waals surface area (Å²) in [6.07, 6.45) is 3.56. The van der Waals surface area contributed by atoms with E-state index in [-0.39, 0.29) is 23.2 Å². The average Bonchev–Trinajstić information content (AvgIpc) is 3.89. The van der Waals surface area contributed by atoms with Gasteiger partial charge in [0.05, 0.1) is 45.6 Å². The van der Waals surface area contributed by atoms with Gasteiger partial charge < -0.3 is 31.6 Å². The molecule has 0 aliphatic carbocycles. The summed E-state index contributed by atoms with van der Waals surface area (Å²) >= 11 is 0. The molecule has 0 saturated heterocycles. The van der Waals surface area contributed by atoms with Crippen LogP contribution in [0.5, 0.6) is 0 Å². The maximum absolute atomic E-state index is 13.3. The zero-order chi connectivity index (χ0) is 56.1. The Bertz CT molecular complexity index is 3860. The van der Waals surface area contributed by atoms with E-state index < -0.39 is 23.1 Å². The van der Waals surface area contributed by atoms with Gasteiger partial charge in [0.15, 0.2) is 11.6 Å². The highest BCUT2D eigenvalue weighted by molar-refractivity contribution is 5.97. The molecule has 1 unspecified atom stereocenters. The number of hydrogen-bond acceptors (Lipinski definition) is 14. The van der Waals surface area contributed by atoms with Crippen LogP contribution in [-0.2, 0) is 23.6 Å². The van der Waals surface area contributed by atoms with Crippen LogP contribution < -0.4 is 33.2 Å². The Balaban J connectivity index is 0.000000190. The molecule has 0 spiro atoms. The normalized spacial score (nSPS) is 12.6. The zero-order valence-corrected chi connectivity index (χ0v) is 45.9. The molecule has 0 saturated carbocycles. The maximum atomic E-state index is 13.3. The van der Waals surface area contributed by atoms with Crippen molar-refractivity contribution in [3.05, 3.63) is 176 Å². The number of nitrogens with two attached hydrogens (primary N) is 2. The van der Waals surface area contributed by atoms with Gasteiger partial charge >= 0.3 is 11.9 Å². The largest absolute Gasteiger partial charge is 0.456 e. The molecule has 0 radical (unpaired) electrons. The lowest BCUT2D eigenvalue weighted by atomic mass is 10.0. The van der Waals surface area contributed by atoms with Crippen LogP contribution in [-0.4, -0.2) is 61.5 Å². The fourth-order valence-electron chi connectivity index (χ4n) is 9.44. The minimum Gasteiger partial charge on any atom is -0.456 e. The Kier molecular flexibility index (Phi) is 14.2. The van der Waals surface area contributed by atoms with Crippen LogP contribution in [0.25, 0.3) is 55.6 Å². The highest BCUT2D eigenvalue weighted by atomic mass is 16.6. The van der Waals surface area contributed by atoms with E-state index in [4.69, 9.17) is 30.9 Å². The summed E-state index contributed by atoms with van der Waals surface area (Å²) in [6, 6.07) is 32.4. The van der Waals surface area contributed by atoms with Gasteiger partial charge in [0.1, 0.15) is 22.5 Å². The van der Waals surface area contributed by atoms with Gasteiger partial charge in [-0.05, 0) is 141 Å². The fourth-order valence-corrected chi connectivity index (χ4v) is 9.44. The summed E-state index contributed by atoms with van der Waals surface area (Å²) in [4.78, 5) is 62.2. The van der Waals surface area contributed by atoms with Crippen molar-refractivity contribution >= 4 is 68.0 Å². The van der Waals surface area contributed by atoms with E-state index in [1.54, 1.807) is 54.8 Å². The first-order valence-electron chi connectivity index (χ1n) is 25.5. The SMILES string of the molecule is Cc1cc(C(C)Nc2ccccc2C(=O)OC(C)(C)C)c2nc(-c3ccc4c(c3)c(N)nn4C)cc(=O)n2c1.Cc1cc([C@H](C)Nc2ccccc2C(=O)OC(C)(C)C)c2nc(-c3ccc4c(c3)c(N)nn4C)cc(=O)n2c1. The average molecular weight is 1050 g/mol. The van der Waals surface area contributed by atoms with Gasteiger partial charge in [0, 0.05) is 83.0 Å². The van der Waals surface area contributed by atoms with Crippen molar-refractivity contribution in [2.45, 2.75) is 92.5 Å². The molecule has 6 N–H and O–H groups in total. The Morgan fingerprint density at radius 1 is 0.551 bits per heavy atom. The van der Waals surface area contributed by atoms with Crippen molar-refractivity contribution in [1.29, 1.82) is 0 Å². The fraction of sp³-hybridized carbons (Fsp3) is 0.267. The van der Waals surface area contributed by atoms with Crippen LogP contribution in [0.1, 0.15) is 110 Å². The van der Waals surface area contributed by atoms with Crippen LogP contribution in [0.3, 0.4) is 0 Å². The van der Waals surface area contributed by atoms with E-state index in [0.29, 0.717) is 56.8 Å². The zero-order valence-electron chi connectivity index (χ0n) is 45.9. The number of aromatic nitrogens is 8. The Hall–Kier alpha value is -9.32. The summed E-state index contributed by atoms with van der Waals surface area (Å²) in [5, 5.41) is 17.1. The minimum absolute atomic E-state index is 0.194. The van der Waals surface area contributed by atoms with Gasteiger partial charge in [-0.3, -0.25) is 27.8 Å². The summed E-state index contributed by atoms with van der Waals surface area (Å²) in [7, 11) is 3.67. The van der Waals surface area contributed by atoms with Gasteiger partial charge in [-0.1, -0.05) is 36.4 Å². The third-order valence-electron chi connectivity index (χ3n) is 13.0. The van der Waals surface area contributed by atoms with Gasteiger partial charge in [-0.2, -0.15) is 10.2 Å². The van der Waals surface area contributed by atoms with E-state index >= 15 is 0 Å². The van der Waals surface area contributed by atoms with Crippen molar-refractivity contribution in [3.63, 3.8) is 0 Å². The molecule has 6 aromatic heterocycles. The molecule has 2 atom stereocenters. The van der Waals surface area contributed by atoms with E-state index in [1.165, 1.54) is 12.1 Å². The van der Waals surface area contributed by atoms with E-state index in [2.05, 4.69) is 20.8 Å². The standard InChI is InChI=1S/2C30H32N6O3/c2*1-17-13-21(18(2)32-23-10-8-7-9-20(23)29(38)39-30(3,4)5)28-33-24(15-26(37)36(28)16-17)19-11-12-25-22(14-19)27(31)34-35(25)6/h2*7-16,18,32H,1-6H3,(H2,31,34)/t18-;/m0./s1. The molecule has 18 nitrogen and oxygen atoms in total. The van der Waals surface area contributed by atoms with E-state index in [9.17, 15) is 19.2 Å². The molecular weight excluding hydrogens is 985 g/mol. The lowest BCUT2D eigenvalue weighted by Crippen LogP contribution is -2.25. The number of rotatable bonds is 10.